The van der Waals surface area contributed by atoms with Crippen LogP contribution in [0.5, 0.6) is 0 Å². The molecule has 0 aliphatic rings. The number of hydrogen-bond donors (Lipinski definition) is 1. The lowest BCUT2D eigenvalue weighted by Crippen LogP contribution is -2.19. The first-order valence-corrected chi connectivity index (χ1v) is 5.45. The first kappa shape index (κ1) is 13.4. The maximum atomic E-state index is 11.3. The largest absolute Gasteiger partial charge is 0.466 e. The summed E-state index contributed by atoms with van der Waals surface area (Å²) in [4.78, 5) is 11.3. The quantitative estimate of drug-likeness (QED) is 0.640. The van der Waals surface area contributed by atoms with Crippen molar-refractivity contribution in [1.29, 1.82) is 0 Å². The monoisotopic (exact) mass is 201 g/mol. The summed E-state index contributed by atoms with van der Waals surface area (Å²) in [5, 5.41) is 0. The van der Waals surface area contributed by atoms with Crippen molar-refractivity contribution < 1.29 is 9.53 Å². The summed E-state index contributed by atoms with van der Waals surface area (Å²) in [5.41, 5.74) is 5.50. The van der Waals surface area contributed by atoms with Gasteiger partial charge in [0.25, 0.3) is 0 Å². The van der Waals surface area contributed by atoms with Gasteiger partial charge in [-0.15, -0.1) is 0 Å². The molecule has 0 aromatic carbocycles. The van der Waals surface area contributed by atoms with Crippen LogP contribution in [0.4, 0.5) is 0 Å². The van der Waals surface area contributed by atoms with Gasteiger partial charge in [0.2, 0.25) is 0 Å². The Kier molecular flexibility index (Phi) is 7.48. The van der Waals surface area contributed by atoms with Crippen LogP contribution in [0.3, 0.4) is 0 Å². The van der Waals surface area contributed by atoms with E-state index in [0.29, 0.717) is 25.5 Å². The zero-order chi connectivity index (χ0) is 11.0. The fraction of sp³-hybridized carbons (Fsp3) is 0.909. The lowest BCUT2D eigenvalue weighted by atomic mass is 10.0. The van der Waals surface area contributed by atoms with Gasteiger partial charge in [0.05, 0.1) is 6.61 Å². The molecule has 0 fully saturated rings. The molecule has 0 radical (unpaired) electrons. The highest BCUT2D eigenvalue weighted by atomic mass is 16.5. The van der Waals surface area contributed by atoms with Gasteiger partial charge < -0.3 is 10.5 Å². The molecular formula is C11H23NO2. The van der Waals surface area contributed by atoms with Crippen LogP contribution < -0.4 is 5.73 Å². The first-order valence-electron chi connectivity index (χ1n) is 5.45. The summed E-state index contributed by atoms with van der Waals surface area (Å²) in [7, 11) is 0. The highest BCUT2D eigenvalue weighted by Gasteiger charge is 2.11. The van der Waals surface area contributed by atoms with Gasteiger partial charge in [-0.1, -0.05) is 27.2 Å². The molecule has 0 saturated carbocycles. The summed E-state index contributed by atoms with van der Waals surface area (Å²) < 4.78 is 5.09. The van der Waals surface area contributed by atoms with Crippen molar-refractivity contribution >= 4 is 5.97 Å². The summed E-state index contributed by atoms with van der Waals surface area (Å²) in [6.45, 7) is 7.37. The Bertz CT molecular complexity index is 153. The molecule has 84 valence electrons. The second kappa shape index (κ2) is 7.80. The van der Waals surface area contributed by atoms with Gasteiger partial charge in [0.15, 0.2) is 0 Å². The lowest BCUT2D eigenvalue weighted by Gasteiger charge is -2.11. The second-order valence-electron chi connectivity index (χ2n) is 4.12. The Balaban J connectivity index is 3.54. The average Bonchev–Trinajstić information content (AvgIpc) is 2.13. The van der Waals surface area contributed by atoms with E-state index in [-0.39, 0.29) is 11.9 Å². The van der Waals surface area contributed by atoms with Gasteiger partial charge >= 0.3 is 5.97 Å². The smallest absolute Gasteiger partial charge is 0.306 e. The average molecular weight is 201 g/mol. The van der Waals surface area contributed by atoms with Crippen LogP contribution in [0.15, 0.2) is 0 Å². The van der Waals surface area contributed by atoms with E-state index in [1.165, 1.54) is 0 Å². The SMILES string of the molecule is CCC(CN)CC(=O)OCCC(C)C. The van der Waals surface area contributed by atoms with Crippen LogP contribution in [0.1, 0.15) is 40.0 Å². The van der Waals surface area contributed by atoms with Crippen molar-refractivity contribution in [2.75, 3.05) is 13.2 Å². The van der Waals surface area contributed by atoms with E-state index in [2.05, 4.69) is 13.8 Å². The molecule has 0 saturated heterocycles. The molecule has 0 rings (SSSR count). The Morgan fingerprint density at radius 1 is 1.43 bits per heavy atom. The molecule has 0 aliphatic carbocycles. The van der Waals surface area contributed by atoms with Crippen molar-refractivity contribution in [3.8, 4) is 0 Å². The number of carbonyl (C=O) groups excluding carboxylic acids is 1. The Morgan fingerprint density at radius 2 is 2.07 bits per heavy atom. The van der Waals surface area contributed by atoms with E-state index < -0.39 is 0 Å². The molecule has 1 unspecified atom stereocenters. The third-order valence-corrected chi connectivity index (χ3v) is 2.32. The summed E-state index contributed by atoms with van der Waals surface area (Å²) in [6.07, 6.45) is 2.34. The maximum Gasteiger partial charge on any atom is 0.306 e. The van der Waals surface area contributed by atoms with Crippen LogP contribution in [-0.2, 0) is 9.53 Å². The van der Waals surface area contributed by atoms with Gasteiger partial charge in [-0.25, -0.2) is 0 Å². The topological polar surface area (TPSA) is 52.3 Å². The van der Waals surface area contributed by atoms with E-state index >= 15 is 0 Å². The number of ether oxygens (including phenoxy) is 1. The number of carbonyl (C=O) groups is 1. The van der Waals surface area contributed by atoms with E-state index in [1.807, 2.05) is 6.92 Å². The van der Waals surface area contributed by atoms with Crippen LogP contribution in [0.25, 0.3) is 0 Å². The van der Waals surface area contributed by atoms with Crippen LogP contribution >= 0.6 is 0 Å². The number of esters is 1. The van der Waals surface area contributed by atoms with E-state index in [9.17, 15) is 4.79 Å². The summed E-state index contributed by atoms with van der Waals surface area (Å²) in [5.74, 6) is 0.754. The van der Waals surface area contributed by atoms with E-state index in [4.69, 9.17) is 10.5 Å². The molecule has 0 spiro atoms. The van der Waals surface area contributed by atoms with Crippen LogP contribution in [0.2, 0.25) is 0 Å². The van der Waals surface area contributed by atoms with Crippen molar-refractivity contribution in [3.05, 3.63) is 0 Å². The zero-order valence-electron chi connectivity index (χ0n) is 9.58. The van der Waals surface area contributed by atoms with Gasteiger partial charge in [0, 0.05) is 6.42 Å². The first-order chi connectivity index (χ1) is 6.60. The molecular weight excluding hydrogens is 178 g/mol. The molecule has 1 atom stereocenters. The summed E-state index contributed by atoms with van der Waals surface area (Å²) >= 11 is 0. The van der Waals surface area contributed by atoms with Crippen LogP contribution in [-0.4, -0.2) is 19.1 Å². The Hall–Kier alpha value is -0.570. The number of rotatable bonds is 7. The van der Waals surface area contributed by atoms with Crippen molar-refractivity contribution in [2.24, 2.45) is 17.6 Å². The number of hydrogen-bond acceptors (Lipinski definition) is 3. The lowest BCUT2D eigenvalue weighted by molar-refractivity contribution is -0.145. The molecule has 0 aliphatic heterocycles. The second-order valence-corrected chi connectivity index (χ2v) is 4.12. The highest BCUT2D eigenvalue weighted by molar-refractivity contribution is 5.69. The van der Waals surface area contributed by atoms with Crippen molar-refractivity contribution in [3.63, 3.8) is 0 Å². The standard InChI is InChI=1S/C11H23NO2/c1-4-10(8-12)7-11(13)14-6-5-9(2)3/h9-10H,4-8,12H2,1-3H3. The molecule has 0 amide bonds. The maximum absolute atomic E-state index is 11.3. The molecule has 3 heteroatoms. The third-order valence-electron chi connectivity index (χ3n) is 2.32. The van der Waals surface area contributed by atoms with Crippen molar-refractivity contribution in [1.82, 2.24) is 0 Å². The van der Waals surface area contributed by atoms with Crippen LogP contribution in [0, 0.1) is 11.8 Å². The Morgan fingerprint density at radius 3 is 2.50 bits per heavy atom. The molecule has 0 heterocycles. The molecule has 3 nitrogen and oxygen atoms in total. The Labute approximate surface area is 87.0 Å². The fourth-order valence-corrected chi connectivity index (χ4v) is 1.10. The predicted octanol–water partition coefficient (Wildman–Crippen LogP) is 1.95. The van der Waals surface area contributed by atoms with Gasteiger partial charge in [-0.3, -0.25) is 4.79 Å². The number of nitrogens with two attached hydrogens (primary N) is 1. The van der Waals surface area contributed by atoms with E-state index in [1.54, 1.807) is 0 Å². The minimum absolute atomic E-state index is 0.108. The molecule has 0 aromatic heterocycles. The normalized spacial score (nSPS) is 12.9. The molecule has 0 bridgehead atoms. The van der Waals surface area contributed by atoms with Gasteiger partial charge in [-0.05, 0) is 24.8 Å². The third kappa shape index (κ3) is 6.89. The minimum atomic E-state index is -0.108. The zero-order valence-corrected chi connectivity index (χ0v) is 9.58. The minimum Gasteiger partial charge on any atom is -0.466 e. The fourth-order valence-electron chi connectivity index (χ4n) is 1.10. The van der Waals surface area contributed by atoms with E-state index in [0.717, 1.165) is 12.8 Å². The molecule has 14 heavy (non-hydrogen) atoms. The predicted molar refractivity (Wildman–Crippen MR) is 57.9 cm³/mol. The molecule has 2 N–H and O–H groups in total. The summed E-state index contributed by atoms with van der Waals surface area (Å²) in [6, 6.07) is 0. The van der Waals surface area contributed by atoms with Gasteiger partial charge in [0.1, 0.15) is 0 Å². The molecule has 0 aromatic rings. The van der Waals surface area contributed by atoms with Gasteiger partial charge in [-0.2, -0.15) is 0 Å². The van der Waals surface area contributed by atoms with Crippen molar-refractivity contribution in [2.45, 2.75) is 40.0 Å². The highest BCUT2D eigenvalue weighted by Crippen LogP contribution is 2.08.